The fourth-order valence-electron chi connectivity index (χ4n) is 3.21. The maximum Gasteiger partial charge on any atom is 0.328 e. The van der Waals surface area contributed by atoms with Crippen molar-refractivity contribution in [3.63, 3.8) is 0 Å². The first-order valence-electron chi connectivity index (χ1n) is 8.92. The van der Waals surface area contributed by atoms with E-state index >= 15 is 0 Å². The molecular weight excluding hydrogens is 380 g/mol. The third kappa shape index (κ3) is 3.36. The van der Waals surface area contributed by atoms with E-state index in [9.17, 15) is 9.90 Å². The van der Waals surface area contributed by atoms with Crippen LogP contribution >= 0.6 is 11.6 Å². The van der Waals surface area contributed by atoms with Gasteiger partial charge in [0.15, 0.2) is 5.65 Å². The van der Waals surface area contributed by atoms with Crippen LogP contribution in [0.3, 0.4) is 0 Å². The highest BCUT2D eigenvalue weighted by Crippen LogP contribution is 2.24. The summed E-state index contributed by atoms with van der Waals surface area (Å²) in [5.74, 6) is 0.667. The van der Waals surface area contributed by atoms with E-state index in [4.69, 9.17) is 11.6 Å². The maximum atomic E-state index is 12.6. The van der Waals surface area contributed by atoms with Crippen molar-refractivity contribution in [1.82, 2.24) is 23.7 Å². The van der Waals surface area contributed by atoms with Crippen molar-refractivity contribution < 1.29 is 5.11 Å². The fraction of sp³-hybridized carbons (Fsp3) is 0.316. The number of hydrogen-bond acceptors (Lipinski definition) is 5. The predicted octanol–water partition coefficient (Wildman–Crippen LogP) is 2.94. The van der Waals surface area contributed by atoms with Crippen LogP contribution < -0.4 is 11.0 Å². The molecule has 9 heteroatoms. The van der Waals surface area contributed by atoms with E-state index in [2.05, 4.69) is 15.4 Å². The summed E-state index contributed by atoms with van der Waals surface area (Å²) in [4.78, 5) is 16.9. The molecule has 3 heterocycles. The van der Waals surface area contributed by atoms with Crippen LogP contribution in [0.2, 0.25) is 5.15 Å². The summed E-state index contributed by atoms with van der Waals surface area (Å²) >= 11 is 6.11. The molecule has 0 spiro atoms. The first kappa shape index (κ1) is 18.5. The Morgan fingerprint density at radius 3 is 2.75 bits per heavy atom. The summed E-state index contributed by atoms with van der Waals surface area (Å²) < 4.78 is 4.95. The van der Waals surface area contributed by atoms with Crippen LogP contribution in [0.5, 0.6) is 0 Å². The minimum absolute atomic E-state index is 0.113. The monoisotopic (exact) mass is 400 g/mol. The molecular formula is C19H21ClN6O2. The van der Waals surface area contributed by atoms with Crippen molar-refractivity contribution in [2.24, 2.45) is 7.05 Å². The number of halogens is 1. The molecule has 4 rings (SSSR count). The molecule has 8 nitrogen and oxygen atoms in total. The topological polar surface area (TPSA) is 89.4 Å². The van der Waals surface area contributed by atoms with E-state index in [1.165, 1.54) is 0 Å². The number of aromatic nitrogens is 5. The van der Waals surface area contributed by atoms with Gasteiger partial charge in [0.2, 0.25) is 0 Å². The number of rotatable bonds is 5. The van der Waals surface area contributed by atoms with Gasteiger partial charge >= 0.3 is 5.69 Å². The molecule has 0 amide bonds. The lowest BCUT2D eigenvalue weighted by Crippen LogP contribution is -2.27. The molecule has 0 fully saturated rings. The lowest BCUT2D eigenvalue weighted by molar-refractivity contribution is 0.0662. The lowest BCUT2D eigenvalue weighted by Gasteiger charge is -2.17. The van der Waals surface area contributed by atoms with Gasteiger partial charge in [-0.05, 0) is 38.5 Å². The second-order valence-electron chi connectivity index (χ2n) is 7.45. The van der Waals surface area contributed by atoms with Crippen molar-refractivity contribution >= 4 is 39.8 Å². The Bertz CT molecular complexity index is 1230. The third-order valence-electron chi connectivity index (χ3n) is 4.69. The van der Waals surface area contributed by atoms with Crippen molar-refractivity contribution in [3.05, 3.63) is 52.2 Å². The van der Waals surface area contributed by atoms with E-state index in [1.807, 2.05) is 18.2 Å². The molecule has 0 radical (unpaired) electrons. The van der Waals surface area contributed by atoms with Gasteiger partial charge in [0.05, 0.1) is 22.8 Å². The lowest BCUT2D eigenvalue weighted by atomic mass is 10.1. The largest absolute Gasteiger partial charge is 0.390 e. The Kier molecular flexibility index (Phi) is 4.40. The number of aryl methyl sites for hydroxylation is 2. The van der Waals surface area contributed by atoms with Crippen LogP contribution in [-0.4, -0.2) is 34.4 Å². The van der Waals surface area contributed by atoms with Crippen LogP contribution in [0.4, 0.5) is 11.5 Å². The highest BCUT2D eigenvalue weighted by atomic mass is 35.5. The van der Waals surface area contributed by atoms with Gasteiger partial charge in [-0.15, -0.1) is 0 Å². The number of aliphatic hydroxyl groups is 1. The fourth-order valence-corrected chi connectivity index (χ4v) is 3.40. The van der Waals surface area contributed by atoms with Gasteiger partial charge in [0.25, 0.3) is 0 Å². The smallest absolute Gasteiger partial charge is 0.328 e. The van der Waals surface area contributed by atoms with Crippen LogP contribution in [0.15, 0.2) is 41.3 Å². The molecule has 2 N–H and O–H groups in total. The van der Waals surface area contributed by atoms with E-state index in [-0.39, 0.29) is 5.69 Å². The van der Waals surface area contributed by atoms with Crippen molar-refractivity contribution in [1.29, 1.82) is 0 Å². The number of imidazole rings is 1. The zero-order valence-electron chi connectivity index (χ0n) is 15.8. The summed E-state index contributed by atoms with van der Waals surface area (Å²) in [6.45, 7) is 3.89. The molecule has 0 saturated carbocycles. The van der Waals surface area contributed by atoms with Gasteiger partial charge in [-0.2, -0.15) is 9.61 Å². The molecule has 146 valence electrons. The third-order valence-corrected chi connectivity index (χ3v) is 4.89. The second-order valence-corrected chi connectivity index (χ2v) is 7.84. The van der Waals surface area contributed by atoms with E-state index < -0.39 is 5.60 Å². The van der Waals surface area contributed by atoms with Crippen molar-refractivity contribution in [3.8, 4) is 0 Å². The zero-order valence-corrected chi connectivity index (χ0v) is 16.6. The summed E-state index contributed by atoms with van der Waals surface area (Å²) in [7, 11) is 1.74. The molecule has 0 aliphatic heterocycles. The average Bonchev–Trinajstić information content (AvgIpc) is 3.17. The Balaban J connectivity index is 1.76. The minimum atomic E-state index is -0.850. The Labute approximate surface area is 166 Å². The Morgan fingerprint density at radius 1 is 1.21 bits per heavy atom. The number of fused-ring (bicyclic) bond motifs is 2. The molecule has 0 bridgehead atoms. The molecule has 1 aromatic carbocycles. The van der Waals surface area contributed by atoms with E-state index in [0.29, 0.717) is 29.6 Å². The normalized spacial score (nSPS) is 12.2. The van der Waals surface area contributed by atoms with Gasteiger partial charge in [0.1, 0.15) is 11.0 Å². The van der Waals surface area contributed by atoms with Gasteiger partial charge in [-0.3, -0.25) is 9.13 Å². The molecule has 3 aromatic heterocycles. The number of anilines is 2. The highest BCUT2D eigenvalue weighted by Gasteiger charge is 2.17. The highest BCUT2D eigenvalue weighted by molar-refractivity contribution is 6.29. The zero-order chi connectivity index (χ0) is 20.1. The number of hydrogen-bond donors (Lipinski definition) is 2. The first-order chi connectivity index (χ1) is 13.2. The predicted molar refractivity (Wildman–Crippen MR) is 109 cm³/mol. The average molecular weight is 401 g/mol. The van der Waals surface area contributed by atoms with Crippen LogP contribution in [0.25, 0.3) is 16.7 Å². The first-order valence-corrected chi connectivity index (χ1v) is 9.30. The quantitative estimate of drug-likeness (QED) is 0.503. The molecule has 0 aliphatic rings. The molecule has 0 atom stereocenters. The van der Waals surface area contributed by atoms with Gasteiger partial charge in [-0.1, -0.05) is 11.6 Å². The summed E-state index contributed by atoms with van der Waals surface area (Å²) in [6.07, 6.45) is 2.12. The molecule has 28 heavy (non-hydrogen) atoms. The minimum Gasteiger partial charge on any atom is -0.390 e. The van der Waals surface area contributed by atoms with E-state index in [1.54, 1.807) is 52.9 Å². The Hall–Kier alpha value is -2.84. The Morgan fingerprint density at radius 2 is 2.00 bits per heavy atom. The van der Waals surface area contributed by atoms with E-state index in [0.717, 1.165) is 16.7 Å². The van der Waals surface area contributed by atoms with Crippen molar-refractivity contribution in [2.45, 2.75) is 32.4 Å². The number of nitrogens with one attached hydrogen (secondary N) is 1. The summed E-state index contributed by atoms with van der Waals surface area (Å²) in [5, 5.41) is 18.0. The van der Waals surface area contributed by atoms with Crippen LogP contribution in [-0.2, 0) is 13.6 Å². The standard InChI is InChI=1S/C19H21ClN6O2/c1-19(2,28)7-9-25-14-10-12(4-5-13(14)24(3)18(25)27)22-17-11-15(20)23-16-6-8-21-26(16)17/h4-6,8,10-11,22,28H,7,9H2,1-3H3. The molecule has 4 aromatic rings. The van der Waals surface area contributed by atoms with Gasteiger partial charge in [0, 0.05) is 31.4 Å². The van der Waals surface area contributed by atoms with Gasteiger partial charge in [-0.25, -0.2) is 9.78 Å². The van der Waals surface area contributed by atoms with Crippen LogP contribution in [0.1, 0.15) is 20.3 Å². The molecule has 0 saturated heterocycles. The number of nitrogens with zero attached hydrogens (tertiary/aromatic N) is 5. The second kappa shape index (κ2) is 6.65. The SMILES string of the molecule is Cn1c(=O)n(CCC(C)(C)O)c2cc(Nc3cc(Cl)nc4ccnn34)ccc21. The molecule has 0 unspecified atom stereocenters. The summed E-state index contributed by atoms with van der Waals surface area (Å²) in [5.41, 5.74) is 2.07. The number of benzene rings is 1. The molecule has 0 aliphatic carbocycles. The van der Waals surface area contributed by atoms with Crippen molar-refractivity contribution in [2.75, 3.05) is 5.32 Å². The maximum absolute atomic E-state index is 12.6. The van der Waals surface area contributed by atoms with Crippen LogP contribution in [0, 0.1) is 0 Å². The summed E-state index contributed by atoms with van der Waals surface area (Å²) in [6, 6.07) is 9.16. The van der Waals surface area contributed by atoms with Gasteiger partial charge < -0.3 is 10.4 Å².